The van der Waals surface area contributed by atoms with Crippen LogP contribution in [0.2, 0.25) is 0 Å². The summed E-state index contributed by atoms with van der Waals surface area (Å²) in [5.41, 5.74) is 5.01. The lowest BCUT2D eigenvalue weighted by atomic mass is 10.0. The van der Waals surface area contributed by atoms with E-state index in [2.05, 4.69) is 56.3 Å². The zero-order valence-electron chi connectivity index (χ0n) is 19.5. The van der Waals surface area contributed by atoms with Gasteiger partial charge >= 0.3 is 0 Å². The van der Waals surface area contributed by atoms with Crippen molar-refractivity contribution in [2.45, 2.75) is 25.4 Å². The van der Waals surface area contributed by atoms with E-state index in [4.69, 9.17) is 12.2 Å². The van der Waals surface area contributed by atoms with Crippen LogP contribution >= 0.6 is 12.2 Å². The highest BCUT2D eigenvalue weighted by Crippen LogP contribution is 2.40. The van der Waals surface area contributed by atoms with Gasteiger partial charge in [0.15, 0.2) is 5.11 Å². The van der Waals surface area contributed by atoms with Gasteiger partial charge in [0.2, 0.25) is 5.91 Å². The maximum Gasteiger partial charge on any atom is 0.226 e. The molecule has 35 heavy (non-hydrogen) atoms. The molecule has 2 aromatic carbocycles. The Morgan fingerprint density at radius 2 is 1.69 bits per heavy atom. The maximum absolute atomic E-state index is 12.7. The third kappa shape index (κ3) is 4.81. The summed E-state index contributed by atoms with van der Waals surface area (Å²) < 4.78 is 2.26. The summed E-state index contributed by atoms with van der Waals surface area (Å²) in [7, 11) is 0. The van der Waals surface area contributed by atoms with Crippen LogP contribution in [0.5, 0.6) is 0 Å². The van der Waals surface area contributed by atoms with Gasteiger partial charge in [0.1, 0.15) is 0 Å². The Hall–Kier alpha value is -3.97. The Morgan fingerprint density at radius 3 is 2.40 bits per heavy atom. The van der Waals surface area contributed by atoms with E-state index in [1.54, 1.807) is 6.20 Å². The van der Waals surface area contributed by atoms with Crippen molar-refractivity contribution in [3.8, 4) is 5.69 Å². The number of thiocarbonyl (C=S) groups is 1. The number of hydrogen-bond donors (Lipinski definition) is 2. The highest BCUT2D eigenvalue weighted by Gasteiger charge is 2.41. The fourth-order valence-corrected chi connectivity index (χ4v) is 4.99. The lowest BCUT2D eigenvalue weighted by Crippen LogP contribution is -2.33. The molecule has 7 heteroatoms. The smallest absolute Gasteiger partial charge is 0.226 e. The van der Waals surface area contributed by atoms with Gasteiger partial charge in [-0.2, -0.15) is 0 Å². The molecule has 1 aliphatic rings. The van der Waals surface area contributed by atoms with Gasteiger partial charge in [-0.05, 0) is 67.7 Å². The number of para-hydroxylation sites is 2. The molecule has 6 nitrogen and oxygen atoms in total. The number of benzene rings is 2. The van der Waals surface area contributed by atoms with Crippen LogP contribution in [0.25, 0.3) is 5.69 Å². The molecule has 1 amide bonds. The average molecular weight is 482 g/mol. The minimum absolute atomic E-state index is 0.0475. The Labute approximate surface area is 210 Å². The van der Waals surface area contributed by atoms with Crippen LogP contribution in [-0.4, -0.2) is 32.0 Å². The van der Waals surface area contributed by atoms with Crippen LogP contribution in [0.4, 0.5) is 5.69 Å². The minimum Gasteiger partial charge on any atom is -0.352 e. The molecule has 1 aliphatic heterocycles. The summed E-state index contributed by atoms with van der Waals surface area (Å²) in [6, 6.07) is 29.7. The summed E-state index contributed by atoms with van der Waals surface area (Å²) in [6.45, 7) is 2.59. The van der Waals surface area contributed by atoms with E-state index in [0.29, 0.717) is 18.1 Å². The van der Waals surface area contributed by atoms with Crippen LogP contribution in [0.15, 0.2) is 97.2 Å². The number of aryl methyl sites for hydroxylation is 1. The predicted molar refractivity (Wildman–Crippen MR) is 142 cm³/mol. The Morgan fingerprint density at radius 1 is 0.971 bits per heavy atom. The zero-order valence-corrected chi connectivity index (χ0v) is 20.3. The van der Waals surface area contributed by atoms with Gasteiger partial charge in [0.05, 0.1) is 17.8 Å². The normalized spacial score (nSPS) is 17.3. The number of aromatic nitrogens is 2. The highest BCUT2D eigenvalue weighted by atomic mass is 32.1. The van der Waals surface area contributed by atoms with Gasteiger partial charge in [0, 0.05) is 41.9 Å². The van der Waals surface area contributed by atoms with Crippen molar-refractivity contribution in [1.29, 1.82) is 0 Å². The van der Waals surface area contributed by atoms with E-state index in [0.717, 1.165) is 28.5 Å². The molecule has 176 valence electrons. The summed E-state index contributed by atoms with van der Waals surface area (Å²) >= 11 is 5.79. The molecule has 1 fully saturated rings. The molecule has 1 saturated heterocycles. The molecular formula is C28H27N5OS. The Bertz CT molecular complexity index is 1310. The Kier molecular flexibility index (Phi) is 6.59. The maximum atomic E-state index is 12.7. The summed E-state index contributed by atoms with van der Waals surface area (Å²) in [6.07, 6.45) is 2.11. The fraction of sp³-hybridized carbons (Fsp3) is 0.179. The van der Waals surface area contributed by atoms with Crippen molar-refractivity contribution in [1.82, 2.24) is 19.8 Å². The first-order valence-electron chi connectivity index (χ1n) is 11.7. The number of carbonyl (C=O) groups is 1. The number of hydrogen-bond acceptors (Lipinski definition) is 3. The van der Waals surface area contributed by atoms with Gasteiger partial charge in [-0.15, -0.1) is 0 Å². The largest absolute Gasteiger partial charge is 0.352 e. The van der Waals surface area contributed by atoms with Gasteiger partial charge < -0.3 is 20.1 Å². The van der Waals surface area contributed by atoms with Gasteiger partial charge in [-0.3, -0.25) is 9.78 Å². The quantitative estimate of drug-likeness (QED) is 0.356. The van der Waals surface area contributed by atoms with Gasteiger partial charge in [-0.1, -0.05) is 42.5 Å². The van der Waals surface area contributed by atoms with Gasteiger partial charge in [-0.25, -0.2) is 0 Å². The number of nitrogens with one attached hydrogen (secondary N) is 2. The molecular weight excluding hydrogens is 454 g/mol. The van der Waals surface area contributed by atoms with Crippen molar-refractivity contribution in [2.24, 2.45) is 0 Å². The second kappa shape index (κ2) is 10.1. The van der Waals surface area contributed by atoms with E-state index in [9.17, 15) is 4.79 Å². The molecule has 0 bridgehead atoms. The van der Waals surface area contributed by atoms with Crippen LogP contribution < -0.4 is 10.6 Å². The molecule has 2 atom stereocenters. The van der Waals surface area contributed by atoms with E-state index in [1.165, 1.54) is 0 Å². The molecule has 2 aromatic heterocycles. The van der Waals surface area contributed by atoms with Gasteiger partial charge in [0.25, 0.3) is 0 Å². The topological polar surface area (TPSA) is 62.2 Å². The number of pyridine rings is 1. The zero-order chi connectivity index (χ0) is 24.2. The summed E-state index contributed by atoms with van der Waals surface area (Å²) in [4.78, 5) is 19.5. The monoisotopic (exact) mass is 481 g/mol. The van der Waals surface area contributed by atoms with Crippen molar-refractivity contribution < 1.29 is 4.79 Å². The molecule has 2 unspecified atom stereocenters. The Balaban J connectivity index is 1.47. The van der Waals surface area contributed by atoms with Crippen molar-refractivity contribution >= 4 is 28.9 Å². The first kappa shape index (κ1) is 22.8. The first-order chi connectivity index (χ1) is 17.1. The average Bonchev–Trinajstić information content (AvgIpc) is 3.43. The third-order valence-electron chi connectivity index (χ3n) is 6.26. The van der Waals surface area contributed by atoms with Crippen molar-refractivity contribution in [2.75, 3.05) is 11.9 Å². The molecule has 3 heterocycles. The molecule has 5 rings (SSSR count). The lowest BCUT2D eigenvalue weighted by molar-refractivity contribution is -0.116. The van der Waals surface area contributed by atoms with Crippen LogP contribution in [0.1, 0.15) is 35.6 Å². The first-order valence-corrected chi connectivity index (χ1v) is 12.1. The van der Waals surface area contributed by atoms with E-state index < -0.39 is 0 Å². The van der Waals surface area contributed by atoms with Crippen LogP contribution in [-0.2, 0) is 4.79 Å². The number of carbonyl (C=O) groups excluding carboxylic acids is 1. The molecule has 0 radical (unpaired) electrons. The summed E-state index contributed by atoms with van der Waals surface area (Å²) in [5, 5.41) is 7.07. The van der Waals surface area contributed by atoms with E-state index in [-0.39, 0.29) is 18.0 Å². The second-order valence-corrected chi connectivity index (χ2v) is 8.94. The third-order valence-corrected chi connectivity index (χ3v) is 6.61. The molecule has 2 N–H and O–H groups in total. The standard InChI is InChI=1S/C28H27N5OS/c1-20-15-16-24(33(20)22-12-6-3-7-13-22)27-26(23-14-8-9-18-29-23)31-28(35)32(27)19-17-25(34)30-21-10-4-2-5-11-21/h2-16,18,26-27H,17,19H2,1H3,(H,30,34)(H,31,35). The van der Waals surface area contributed by atoms with E-state index >= 15 is 0 Å². The van der Waals surface area contributed by atoms with Crippen molar-refractivity contribution in [3.63, 3.8) is 0 Å². The van der Waals surface area contributed by atoms with Crippen molar-refractivity contribution in [3.05, 3.63) is 114 Å². The second-order valence-electron chi connectivity index (χ2n) is 8.55. The van der Waals surface area contributed by atoms with Crippen LogP contribution in [0, 0.1) is 6.92 Å². The number of amides is 1. The minimum atomic E-state index is -0.141. The summed E-state index contributed by atoms with van der Waals surface area (Å²) in [5.74, 6) is -0.0475. The van der Waals surface area contributed by atoms with Crippen LogP contribution in [0.3, 0.4) is 0 Å². The number of rotatable bonds is 7. The highest BCUT2D eigenvalue weighted by molar-refractivity contribution is 7.80. The molecule has 4 aromatic rings. The molecule has 0 saturated carbocycles. The lowest BCUT2D eigenvalue weighted by Gasteiger charge is -2.29. The fourth-order valence-electron chi connectivity index (χ4n) is 4.65. The predicted octanol–water partition coefficient (Wildman–Crippen LogP) is 5.18. The molecule has 0 aliphatic carbocycles. The number of anilines is 1. The SMILES string of the molecule is Cc1ccc(C2C(c3ccccn3)NC(=S)N2CCC(=O)Nc2ccccc2)n1-c1ccccc1. The number of nitrogens with zero attached hydrogens (tertiary/aromatic N) is 3. The van der Waals surface area contributed by atoms with E-state index in [1.807, 2.05) is 66.7 Å². The molecule has 0 spiro atoms.